The van der Waals surface area contributed by atoms with Crippen LogP contribution in [0.1, 0.15) is 39.0 Å². The number of carbonyl (C=O) groups excluding carboxylic acids is 2. The first-order valence-corrected chi connectivity index (χ1v) is 12.8. The number of aliphatic hydroxyl groups is 1. The number of nitrogens with one attached hydrogen (secondary N) is 1. The predicted molar refractivity (Wildman–Crippen MR) is 137 cm³/mol. The fraction of sp³-hybridized carbons (Fsp3) is 0.286. The number of hydrogen-bond acceptors (Lipinski definition) is 6. The molecule has 3 aromatic carbocycles. The Morgan fingerprint density at radius 3 is 2.33 bits per heavy atom. The van der Waals surface area contributed by atoms with Crippen molar-refractivity contribution in [1.82, 2.24) is 5.32 Å². The molecule has 0 saturated carbocycles. The fourth-order valence-corrected chi connectivity index (χ4v) is 4.27. The van der Waals surface area contributed by atoms with Crippen molar-refractivity contribution in [3.05, 3.63) is 94.5 Å². The van der Waals surface area contributed by atoms with Crippen molar-refractivity contribution in [2.75, 3.05) is 12.0 Å². The van der Waals surface area contributed by atoms with E-state index in [2.05, 4.69) is 5.32 Å². The first kappa shape index (κ1) is 29.7. The maximum atomic E-state index is 13.1. The van der Waals surface area contributed by atoms with E-state index in [1.54, 1.807) is 6.07 Å². The van der Waals surface area contributed by atoms with Gasteiger partial charge in [-0.05, 0) is 70.9 Å². The fourth-order valence-electron chi connectivity index (χ4n) is 3.80. The summed E-state index contributed by atoms with van der Waals surface area (Å²) < 4.78 is 5.90. The Hall–Kier alpha value is -2.53. The molecule has 184 valence electrons. The molecule has 0 aromatic heterocycles. The summed E-state index contributed by atoms with van der Waals surface area (Å²) in [5, 5.41) is 23.5. The number of carbonyl (C=O) groups is 2. The number of thioether (sulfide) groups is 1. The van der Waals surface area contributed by atoms with E-state index in [0.717, 1.165) is 27.8 Å². The molecule has 6 nitrogen and oxygen atoms in total. The Kier molecular flexibility index (Phi) is 12.3. The third kappa shape index (κ3) is 8.26. The molecule has 0 bridgehead atoms. The summed E-state index contributed by atoms with van der Waals surface area (Å²) in [4.78, 5) is 24.7. The summed E-state index contributed by atoms with van der Waals surface area (Å²) in [5.41, 5.74) is 5.68. The van der Waals surface area contributed by atoms with Gasteiger partial charge in [-0.25, -0.2) is 0 Å². The Balaban J connectivity index is 0.00000456. The van der Waals surface area contributed by atoms with Gasteiger partial charge in [0, 0.05) is 5.56 Å². The molecule has 0 saturated heterocycles. The normalized spacial score (nSPS) is 11.4. The molecule has 0 spiro atoms. The van der Waals surface area contributed by atoms with Crippen LogP contribution in [0.2, 0.25) is 0 Å². The van der Waals surface area contributed by atoms with Gasteiger partial charge in [-0.2, -0.15) is 11.8 Å². The number of carboxylic acids is 1. The molecule has 0 heterocycles. The van der Waals surface area contributed by atoms with Crippen LogP contribution in [0.15, 0.2) is 66.7 Å². The van der Waals surface area contributed by atoms with Gasteiger partial charge < -0.3 is 25.1 Å². The zero-order valence-electron chi connectivity index (χ0n) is 21.0. The van der Waals surface area contributed by atoms with E-state index in [-0.39, 0.29) is 25.5 Å². The van der Waals surface area contributed by atoms with Gasteiger partial charge in [0.2, 0.25) is 0 Å². The molecule has 1 atom stereocenters. The first-order chi connectivity index (χ1) is 16.9. The van der Waals surface area contributed by atoms with Crippen LogP contribution in [0.3, 0.4) is 0 Å². The monoisotopic (exact) mass is 499 g/mol. The van der Waals surface area contributed by atoms with E-state index < -0.39 is 17.9 Å². The molecular formula is C28H30LiNO5S. The summed E-state index contributed by atoms with van der Waals surface area (Å²) in [6.07, 6.45) is 2.17. The Labute approximate surface area is 228 Å². The van der Waals surface area contributed by atoms with Crippen LogP contribution in [-0.2, 0) is 29.4 Å². The van der Waals surface area contributed by atoms with E-state index >= 15 is 0 Å². The number of benzene rings is 3. The van der Waals surface area contributed by atoms with Crippen LogP contribution >= 0.6 is 11.8 Å². The third-order valence-electron chi connectivity index (χ3n) is 5.68. The predicted octanol–water partition coefficient (Wildman–Crippen LogP) is 0.477. The van der Waals surface area contributed by atoms with Gasteiger partial charge in [0.1, 0.15) is 0 Å². The molecule has 0 aliphatic carbocycles. The van der Waals surface area contributed by atoms with Gasteiger partial charge in [-0.3, -0.25) is 4.79 Å². The molecule has 3 rings (SSSR count). The van der Waals surface area contributed by atoms with Crippen molar-refractivity contribution < 1.29 is 43.4 Å². The first-order valence-electron chi connectivity index (χ1n) is 11.4. The Morgan fingerprint density at radius 1 is 0.972 bits per heavy atom. The third-order valence-corrected chi connectivity index (χ3v) is 6.32. The van der Waals surface area contributed by atoms with Crippen molar-refractivity contribution in [3.63, 3.8) is 0 Å². The second-order valence-corrected chi connectivity index (χ2v) is 9.28. The van der Waals surface area contributed by atoms with Gasteiger partial charge >= 0.3 is 18.9 Å². The number of hydrogen-bond donors (Lipinski definition) is 2. The number of aliphatic carboxylic acids is 1. The second-order valence-electron chi connectivity index (χ2n) is 8.29. The van der Waals surface area contributed by atoms with Crippen molar-refractivity contribution in [2.24, 2.45) is 0 Å². The summed E-state index contributed by atoms with van der Waals surface area (Å²) in [7, 11) is 0. The van der Waals surface area contributed by atoms with Crippen LogP contribution in [0, 0.1) is 6.92 Å². The average molecular weight is 500 g/mol. The van der Waals surface area contributed by atoms with E-state index in [9.17, 15) is 19.8 Å². The maximum Gasteiger partial charge on any atom is 1.00 e. The zero-order valence-corrected chi connectivity index (χ0v) is 21.8. The van der Waals surface area contributed by atoms with E-state index in [4.69, 9.17) is 4.74 Å². The van der Waals surface area contributed by atoms with Gasteiger partial charge in [-0.15, -0.1) is 0 Å². The standard InChI is InChI=1S/C28H31NO5S.Li/c1-19-6-3-4-9-23(19)25-15-22(18-34-17-21-8-5-7-20(14-21)16-30)10-11-24(25)27(31)29-26(28(32)33)12-13-35-2;/h3-11,14-15,26,30H,12-13,16-18H2,1-2H3,(H,29,31)(H,32,33);/q;+1/p-1/t26-;/m0./s1. The number of amides is 1. The molecule has 0 aliphatic rings. The van der Waals surface area contributed by atoms with Crippen LogP contribution in [0.5, 0.6) is 0 Å². The largest absolute Gasteiger partial charge is 1.00 e. The second kappa shape index (κ2) is 14.9. The minimum Gasteiger partial charge on any atom is -0.548 e. The van der Waals surface area contributed by atoms with Crippen molar-refractivity contribution in [2.45, 2.75) is 39.2 Å². The molecule has 8 heteroatoms. The number of aliphatic hydroxyl groups excluding tert-OH is 1. The van der Waals surface area contributed by atoms with Crippen molar-refractivity contribution in [1.29, 1.82) is 0 Å². The molecule has 0 aliphatic heterocycles. The molecule has 0 unspecified atom stereocenters. The smallest absolute Gasteiger partial charge is 0.548 e. The Morgan fingerprint density at radius 2 is 1.67 bits per heavy atom. The maximum absolute atomic E-state index is 13.1. The Bertz CT molecular complexity index is 1170. The van der Waals surface area contributed by atoms with E-state index in [1.807, 2.05) is 73.8 Å². The SMILES string of the molecule is CSCC[C@H](NC(=O)c1ccc(COCc2cccc(CO)c2)cc1-c1ccccc1C)C(=O)[O-].[Li+]. The van der Waals surface area contributed by atoms with Crippen molar-refractivity contribution >= 4 is 23.6 Å². The van der Waals surface area contributed by atoms with Gasteiger partial charge in [0.15, 0.2) is 0 Å². The summed E-state index contributed by atoms with van der Waals surface area (Å²) in [6, 6.07) is 19.7. The molecule has 0 fully saturated rings. The average Bonchev–Trinajstić information content (AvgIpc) is 2.86. The number of rotatable bonds is 12. The van der Waals surface area contributed by atoms with Crippen molar-refractivity contribution in [3.8, 4) is 11.1 Å². The number of carboxylic acid groups (broad SMARTS) is 1. The number of ether oxygens (including phenoxy) is 1. The molecule has 2 N–H and O–H groups in total. The zero-order chi connectivity index (χ0) is 25.2. The van der Waals surface area contributed by atoms with Crippen LogP contribution in [0.25, 0.3) is 11.1 Å². The summed E-state index contributed by atoms with van der Waals surface area (Å²) in [6.45, 7) is 2.67. The minimum atomic E-state index is -1.29. The van der Waals surface area contributed by atoms with Gasteiger partial charge in [0.05, 0.1) is 31.8 Å². The summed E-state index contributed by atoms with van der Waals surface area (Å²) in [5.74, 6) is -1.15. The number of aryl methyl sites for hydroxylation is 1. The minimum absolute atomic E-state index is 0. The summed E-state index contributed by atoms with van der Waals surface area (Å²) >= 11 is 1.51. The molecular weight excluding hydrogens is 469 g/mol. The molecule has 3 aromatic rings. The van der Waals surface area contributed by atoms with Crippen LogP contribution < -0.4 is 29.3 Å². The van der Waals surface area contributed by atoms with E-state index in [0.29, 0.717) is 36.5 Å². The van der Waals surface area contributed by atoms with Gasteiger partial charge in [0.25, 0.3) is 5.91 Å². The van der Waals surface area contributed by atoms with Crippen LogP contribution in [-0.4, -0.2) is 35.0 Å². The van der Waals surface area contributed by atoms with Crippen LogP contribution in [0.4, 0.5) is 0 Å². The topological polar surface area (TPSA) is 98.7 Å². The van der Waals surface area contributed by atoms with E-state index in [1.165, 1.54) is 11.8 Å². The van der Waals surface area contributed by atoms with Gasteiger partial charge in [-0.1, -0.05) is 54.6 Å². The molecule has 1 amide bonds. The molecule has 36 heavy (non-hydrogen) atoms. The quantitative estimate of drug-likeness (QED) is 0.352. The molecule has 0 radical (unpaired) electrons.